The maximum absolute atomic E-state index is 13.0. The van der Waals surface area contributed by atoms with Crippen molar-refractivity contribution in [3.63, 3.8) is 0 Å². The molecule has 284 valence electrons. The van der Waals surface area contributed by atoms with Gasteiger partial charge in [-0.2, -0.15) is 0 Å². The Morgan fingerprint density at radius 1 is 1.06 bits per heavy atom. The van der Waals surface area contributed by atoms with E-state index < -0.39 is 36.2 Å². The Balaban J connectivity index is 1.01. The Morgan fingerprint density at radius 3 is 2.47 bits per heavy atom. The number of hydrogen-bond donors (Lipinski definition) is 2. The highest BCUT2D eigenvalue weighted by Gasteiger charge is 2.84. The predicted octanol–water partition coefficient (Wildman–Crippen LogP) is 5.98. The van der Waals surface area contributed by atoms with Crippen LogP contribution in [0, 0.1) is 50.7 Å². The van der Waals surface area contributed by atoms with Crippen molar-refractivity contribution >= 4 is 11.9 Å². The van der Waals surface area contributed by atoms with Gasteiger partial charge in [0.25, 0.3) is 5.91 Å². The van der Waals surface area contributed by atoms with Gasteiger partial charge in [-0.05, 0) is 123 Å². The molecule has 1 aromatic heterocycles. The van der Waals surface area contributed by atoms with Crippen LogP contribution in [0.5, 0.6) is 0 Å². The molecule has 8 rings (SSSR count). The van der Waals surface area contributed by atoms with E-state index in [9.17, 15) is 19.8 Å². The minimum absolute atomic E-state index is 0.0301. The van der Waals surface area contributed by atoms with Gasteiger partial charge in [0.1, 0.15) is 0 Å². The summed E-state index contributed by atoms with van der Waals surface area (Å²) in [7, 11) is 0. The van der Waals surface area contributed by atoms with Crippen LogP contribution in [-0.4, -0.2) is 89.1 Å². The van der Waals surface area contributed by atoms with Crippen LogP contribution in [0.15, 0.2) is 22.8 Å². The van der Waals surface area contributed by atoms with Gasteiger partial charge in [0.15, 0.2) is 18.2 Å². The van der Waals surface area contributed by atoms with Crippen LogP contribution in [0.3, 0.4) is 0 Å². The molecule has 10 nitrogen and oxygen atoms in total. The molecule has 51 heavy (non-hydrogen) atoms. The first kappa shape index (κ1) is 36.0. The normalized spacial score (nSPS) is 47.6. The molecule has 2 saturated heterocycles. The first-order valence-corrected chi connectivity index (χ1v) is 19.7. The number of aliphatic hydroxyl groups excluding tert-OH is 1. The summed E-state index contributed by atoms with van der Waals surface area (Å²) in [5.41, 5.74) is -1.31. The number of morpholine rings is 1. The molecule has 0 radical (unpaired) electrons. The molecule has 2 N–H and O–H groups in total. The van der Waals surface area contributed by atoms with Crippen LogP contribution >= 0.6 is 0 Å². The van der Waals surface area contributed by atoms with Gasteiger partial charge in [0.2, 0.25) is 0 Å². The van der Waals surface area contributed by atoms with Gasteiger partial charge in [0.05, 0.1) is 49.4 Å². The highest BCUT2D eigenvalue weighted by molar-refractivity contribution is 5.91. The average Bonchev–Trinajstić information content (AvgIpc) is 3.32. The monoisotopic (exact) mass is 711 g/mol. The van der Waals surface area contributed by atoms with Crippen LogP contribution in [-0.2, 0) is 23.7 Å². The first-order chi connectivity index (χ1) is 23.9. The summed E-state index contributed by atoms with van der Waals surface area (Å²) in [5.74, 6) is 1.12. The molecule has 1 amide bonds. The number of carbonyl (C=O) groups is 2. The quantitative estimate of drug-likeness (QED) is 0.343. The molecule has 5 aliphatic carbocycles. The molecule has 0 bridgehead atoms. The van der Waals surface area contributed by atoms with Crippen LogP contribution < -0.4 is 0 Å². The van der Waals surface area contributed by atoms with E-state index in [0.717, 1.165) is 32.1 Å². The summed E-state index contributed by atoms with van der Waals surface area (Å²) < 4.78 is 30.8. The second-order valence-corrected chi connectivity index (χ2v) is 19.4. The molecule has 5 saturated carbocycles. The number of rotatable bonds is 6. The second-order valence-electron chi connectivity index (χ2n) is 19.4. The smallest absolute Gasteiger partial charge is 0.303 e. The predicted molar refractivity (Wildman–Crippen MR) is 187 cm³/mol. The average molecular weight is 712 g/mol. The number of fused-ring (bicyclic) bond motifs is 4. The first-order valence-electron chi connectivity index (χ1n) is 19.7. The second kappa shape index (κ2) is 11.8. The van der Waals surface area contributed by atoms with Gasteiger partial charge >= 0.3 is 5.97 Å². The van der Waals surface area contributed by atoms with Crippen molar-refractivity contribution in [2.75, 3.05) is 19.7 Å². The van der Waals surface area contributed by atoms with E-state index in [2.05, 4.69) is 34.6 Å². The van der Waals surface area contributed by atoms with E-state index >= 15 is 0 Å². The minimum Gasteiger partial charge on any atom is -0.459 e. The molecule has 2 spiro atoms. The zero-order valence-corrected chi connectivity index (χ0v) is 32.0. The van der Waals surface area contributed by atoms with Gasteiger partial charge < -0.3 is 38.5 Å². The molecule has 14 atom stereocenters. The molecule has 10 heteroatoms. The molecule has 7 fully saturated rings. The number of nitrogens with zero attached hydrogens (tertiary/aromatic N) is 1. The lowest BCUT2D eigenvalue weighted by Crippen LogP contribution is -2.60. The molecule has 7 aliphatic rings. The highest BCUT2D eigenvalue weighted by atomic mass is 16.7. The summed E-state index contributed by atoms with van der Waals surface area (Å²) in [6, 6.07) is 3.44. The SMILES string of the molecule is CC(=O)O[C@@H](C1C[C@@H](C)[C@H]2C(O1)[C@H](O)[C@@]1(C)C3CC[C@H]4C(C)(C)C(O[C@H]5CN(C(=O)c6ccco6)CCO5)CCC45CC35CCC21C)C(C)(C)O. The molecule has 7 unspecified atom stereocenters. The molecule has 1 aromatic rings. The Morgan fingerprint density at radius 2 is 1.78 bits per heavy atom. The Kier molecular flexibility index (Phi) is 8.30. The van der Waals surface area contributed by atoms with Crippen molar-refractivity contribution in [1.29, 1.82) is 0 Å². The third-order valence-corrected chi connectivity index (χ3v) is 16.5. The van der Waals surface area contributed by atoms with Crippen molar-refractivity contribution in [3.05, 3.63) is 24.2 Å². The van der Waals surface area contributed by atoms with E-state index in [-0.39, 0.29) is 57.0 Å². The number of carbonyl (C=O) groups excluding carboxylic acids is 2. The van der Waals surface area contributed by atoms with Crippen molar-refractivity contribution in [2.45, 2.75) is 149 Å². The summed E-state index contributed by atoms with van der Waals surface area (Å²) in [5, 5.41) is 23.6. The number of aliphatic hydroxyl groups is 2. The Labute approximate surface area is 303 Å². The van der Waals surface area contributed by atoms with Crippen molar-refractivity contribution in [2.24, 2.45) is 50.7 Å². The molecule has 3 heterocycles. The maximum atomic E-state index is 13.0. The molecular formula is C41H61NO9. The highest BCUT2D eigenvalue weighted by Crippen LogP contribution is 2.89. The number of hydrogen-bond acceptors (Lipinski definition) is 9. The zero-order valence-electron chi connectivity index (χ0n) is 32.0. The van der Waals surface area contributed by atoms with Crippen LogP contribution in [0.2, 0.25) is 0 Å². The van der Waals surface area contributed by atoms with Gasteiger partial charge in [-0.3, -0.25) is 9.59 Å². The third-order valence-electron chi connectivity index (χ3n) is 16.5. The van der Waals surface area contributed by atoms with Crippen molar-refractivity contribution < 1.29 is 43.2 Å². The number of amides is 1. The molecular weight excluding hydrogens is 650 g/mol. The van der Waals surface area contributed by atoms with Gasteiger partial charge in [-0.25, -0.2) is 0 Å². The van der Waals surface area contributed by atoms with Crippen LogP contribution in [0.25, 0.3) is 0 Å². The lowest BCUT2D eigenvalue weighted by atomic mass is 9.41. The Hall–Kier alpha value is -1.98. The van der Waals surface area contributed by atoms with E-state index in [4.69, 9.17) is 23.4 Å². The maximum Gasteiger partial charge on any atom is 0.303 e. The zero-order chi connectivity index (χ0) is 36.5. The van der Waals surface area contributed by atoms with E-state index in [1.165, 1.54) is 26.0 Å². The van der Waals surface area contributed by atoms with E-state index in [1.54, 1.807) is 30.9 Å². The summed E-state index contributed by atoms with van der Waals surface area (Å²) >= 11 is 0. The molecule has 2 aliphatic heterocycles. The lowest BCUT2D eigenvalue weighted by Gasteiger charge is -2.64. The third kappa shape index (κ3) is 4.97. The van der Waals surface area contributed by atoms with Gasteiger partial charge in [-0.15, -0.1) is 0 Å². The fourth-order valence-corrected chi connectivity index (χ4v) is 14.2. The van der Waals surface area contributed by atoms with Crippen molar-refractivity contribution in [3.8, 4) is 0 Å². The van der Waals surface area contributed by atoms with Crippen LogP contribution in [0.4, 0.5) is 0 Å². The molecule has 0 aromatic carbocycles. The lowest BCUT2D eigenvalue weighted by molar-refractivity contribution is -0.245. The van der Waals surface area contributed by atoms with E-state index in [1.807, 2.05) is 0 Å². The summed E-state index contributed by atoms with van der Waals surface area (Å²) in [6.45, 7) is 18.0. The van der Waals surface area contributed by atoms with E-state index in [0.29, 0.717) is 43.7 Å². The van der Waals surface area contributed by atoms with Crippen molar-refractivity contribution in [1.82, 2.24) is 4.90 Å². The number of esters is 1. The van der Waals surface area contributed by atoms with Crippen LogP contribution in [0.1, 0.15) is 117 Å². The summed E-state index contributed by atoms with van der Waals surface area (Å²) in [6.07, 6.45) is 7.21. The number of furan rings is 1. The summed E-state index contributed by atoms with van der Waals surface area (Å²) in [4.78, 5) is 26.9. The minimum atomic E-state index is -1.27. The van der Waals surface area contributed by atoms with Gasteiger partial charge in [-0.1, -0.05) is 34.6 Å². The largest absolute Gasteiger partial charge is 0.459 e. The Bertz CT molecular complexity index is 1520. The topological polar surface area (TPSA) is 128 Å². The van der Waals surface area contributed by atoms with Gasteiger partial charge in [0, 0.05) is 18.9 Å². The standard InChI is InChI=1S/C41H61NO9/c1-23-20-26(34(37(5,6)46)49-24(2)43)50-32-31(23)38(7)15-16-41-22-40(41)14-13-29(36(3,4)27(40)11-12-28(41)39(38,8)33(32)44)51-30-21-42(17-19-48-30)35(45)25-10-9-18-47-25/h9-10,18,23,26-34,44,46H,11-17,19-22H2,1-8H3/t23-,26?,27+,28?,29?,30+,31+,32?,33+,34+,38?,39-,40?,41?/m1/s1. The fraction of sp³-hybridized carbons (Fsp3) is 0.854. The number of ether oxygens (including phenoxy) is 4. The fourth-order valence-electron chi connectivity index (χ4n) is 14.2.